The fraction of sp³-hybridized carbons (Fsp3) is 0.312. The number of ether oxygens (including phenoxy) is 1. The van der Waals surface area contributed by atoms with Crippen molar-refractivity contribution in [3.05, 3.63) is 64.6 Å². The molecule has 3 aromatic heterocycles. The van der Waals surface area contributed by atoms with Crippen LogP contribution < -0.4 is 14.3 Å². The number of fused-ring (bicyclic) bond motifs is 4. The van der Waals surface area contributed by atoms with E-state index in [9.17, 15) is 17.1 Å². The molecule has 1 fully saturated rings. The van der Waals surface area contributed by atoms with Crippen molar-refractivity contribution in [2.24, 2.45) is 0 Å². The number of aromatic nitrogens is 3. The number of H-pyrrole nitrogens is 1. The zero-order valence-corrected chi connectivity index (χ0v) is 24.7. The van der Waals surface area contributed by atoms with Crippen molar-refractivity contribution < 1.29 is 21.2 Å². The maximum Gasteiger partial charge on any atom is 0.488 e. The van der Waals surface area contributed by atoms with Gasteiger partial charge in [0.05, 0.1) is 29.1 Å². The van der Waals surface area contributed by atoms with Crippen molar-refractivity contribution in [3.8, 4) is 35.0 Å². The van der Waals surface area contributed by atoms with Gasteiger partial charge < -0.3 is 23.4 Å². The third-order valence-corrected chi connectivity index (χ3v) is 8.44. The Balaban J connectivity index is 1.67. The molecule has 6 rings (SSSR count). The van der Waals surface area contributed by atoms with Crippen molar-refractivity contribution >= 4 is 43.3 Å². The number of halogens is 1. The molecule has 0 saturated carbocycles. The first-order chi connectivity index (χ1) is 20.7. The minimum Gasteiger partial charge on any atom is -0.493 e. The van der Waals surface area contributed by atoms with Crippen LogP contribution in [0.15, 0.2) is 53.6 Å². The Morgan fingerprint density at radius 2 is 1.93 bits per heavy atom. The number of benzene rings is 2. The smallest absolute Gasteiger partial charge is 0.488 e. The molecule has 0 radical (unpaired) electrons. The van der Waals surface area contributed by atoms with Crippen LogP contribution in [0.2, 0.25) is 0 Å². The zero-order chi connectivity index (χ0) is 30.3. The van der Waals surface area contributed by atoms with Crippen LogP contribution >= 0.6 is 0 Å². The van der Waals surface area contributed by atoms with Crippen LogP contribution in [0.4, 0.5) is 3.89 Å². The third kappa shape index (κ3) is 5.56. The lowest BCUT2D eigenvalue weighted by molar-refractivity contribution is 0.226. The molecule has 5 aromatic rings. The van der Waals surface area contributed by atoms with E-state index in [1.54, 1.807) is 6.07 Å². The standard InChI is InChI=1S/C32H31FN4O5S/c1-4-6-13-41-29-17-26-28(16-25(29)21-15-23(19-34-18-21)42-43(33,39)40)37(22-9-11-36(3)12-10-22)32-30(31(26)38)24-8-7-20(5-2)14-27(24)35-32/h2,7-8,14-19,22,35H,4,6,9-13H2,1,3H3. The molecule has 11 heteroatoms. The molecule has 1 N–H and O–H groups in total. The molecule has 0 bridgehead atoms. The second-order valence-electron chi connectivity index (χ2n) is 10.9. The van der Waals surface area contributed by atoms with Crippen LogP contribution in [0.1, 0.15) is 44.2 Å². The second-order valence-corrected chi connectivity index (χ2v) is 11.9. The highest BCUT2D eigenvalue weighted by Gasteiger charge is 2.26. The molecule has 4 heterocycles. The Bertz CT molecular complexity index is 2070. The summed E-state index contributed by atoms with van der Waals surface area (Å²) in [5, 5.41) is 1.87. The molecule has 0 spiro atoms. The Morgan fingerprint density at radius 1 is 1.14 bits per heavy atom. The molecule has 1 aliphatic rings. The molecular formula is C32H31FN4O5S. The van der Waals surface area contributed by atoms with Gasteiger partial charge in [0.15, 0.2) is 11.2 Å². The van der Waals surface area contributed by atoms with Gasteiger partial charge in [-0.1, -0.05) is 29.2 Å². The monoisotopic (exact) mass is 602 g/mol. The first-order valence-corrected chi connectivity index (χ1v) is 15.5. The predicted octanol–water partition coefficient (Wildman–Crippen LogP) is 5.72. The SMILES string of the molecule is C#Cc1ccc2c(c1)[nH]c1c2c(=O)c2cc(OCCCC)c(-c3cncc(OS(=O)(=O)F)c3)cc2n1C1CCN(C)CC1. The number of hydrogen-bond donors (Lipinski definition) is 1. The number of rotatable bonds is 8. The summed E-state index contributed by atoms with van der Waals surface area (Å²) < 4.78 is 48.6. The Kier molecular flexibility index (Phi) is 7.58. The van der Waals surface area contributed by atoms with E-state index in [0.29, 0.717) is 51.0 Å². The van der Waals surface area contributed by atoms with Gasteiger partial charge in [-0.25, -0.2) is 0 Å². The molecule has 9 nitrogen and oxygen atoms in total. The molecule has 1 saturated heterocycles. The average molecular weight is 603 g/mol. The molecule has 0 amide bonds. The summed E-state index contributed by atoms with van der Waals surface area (Å²) >= 11 is 0. The summed E-state index contributed by atoms with van der Waals surface area (Å²) in [6, 6.07) is 10.7. The third-order valence-electron chi connectivity index (χ3n) is 8.04. The number of piperidine rings is 1. The molecule has 1 aliphatic heterocycles. The topological polar surface area (TPSA) is 107 Å². The highest BCUT2D eigenvalue weighted by Crippen LogP contribution is 2.39. The Morgan fingerprint density at radius 3 is 2.65 bits per heavy atom. The molecule has 0 atom stereocenters. The first-order valence-electron chi connectivity index (χ1n) is 14.2. The van der Waals surface area contributed by atoms with Gasteiger partial charge in [-0.2, -0.15) is 8.42 Å². The van der Waals surface area contributed by atoms with Crippen molar-refractivity contribution in [1.29, 1.82) is 0 Å². The van der Waals surface area contributed by atoms with E-state index in [4.69, 9.17) is 11.2 Å². The lowest BCUT2D eigenvalue weighted by atomic mass is 9.99. The number of likely N-dealkylation sites (tertiary alicyclic amines) is 1. The lowest BCUT2D eigenvalue weighted by Gasteiger charge is -2.32. The van der Waals surface area contributed by atoms with Crippen LogP contribution in [-0.2, 0) is 10.5 Å². The van der Waals surface area contributed by atoms with Crippen LogP contribution in [0.25, 0.3) is 44.0 Å². The second kappa shape index (κ2) is 11.4. The summed E-state index contributed by atoms with van der Waals surface area (Å²) in [7, 11) is -3.15. The fourth-order valence-electron chi connectivity index (χ4n) is 5.92. The van der Waals surface area contributed by atoms with Gasteiger partial charge in [0.1, 0.15) is 11.4 Å². The number of nitrogens with zero attached hydrogens (tertiary/aromatic N) is 3. The predicted molar refractivity (Wildman–Crippen MR) is 166 cm³/mol. The van der Waals surface area contributed by atoms with E-state index in [0.717, 1.165) is 55.9 Å². The van der Waals surface area contributed by atoms with Gasteiger partial charge in [0.25, 0.3) is 0 Å². The van der Waals surface area contributed by atoms with Crippen LogP contribution in [0, 0.1) is 12.3 Å². The number of hydrogen-bond acceptors (Lipinski definition) is 7. The minimum absolute atomic E-state index is 0.0890. The number of pyridine rings is 2. The summed E-state index contributed by atoms with van der Waals surface area (Å²) in [6.07, 6.45) is 11.7. The van der Waals surface area contributed by atoms with Gasteiger partial charge >= 0.3 is 10.5 Å². The van der Waals surface area contributed by atoms with Gasteiger partial charge in [-0.3, -0.25) is 9.78 Å². The number of terminal acetylenes is 1. The highest BCUT2D eigenvalue weighted by atomic mass is 32.3. The van der Waals surface area contributed by atoms with Crippen molar-refractivity contribution in [2.75, 3.05) is 26.7 Å². The van der Waals surface area contributed by atoms with E-state index in [1.807, 2.05) is 31.2 Å². The van der Waals surface area contributed by atoms with E-state index in [-0.39, 0.29) is 17.2 Å². The fourth-order valence-corrected chi connectivity index (χ4v) is 6.24. The van der Waals surface area contributed by atoms with Crippen LogP contribution in [-0.4, -0.2) is 54.6 Å². The van der Waals surface area contributed by atoms with Gasteiger partial charge in [0.2, 0.25) is 0 Å². The quantitative estimate of drug-likeness (QED) is 0.138. The molecule has 0 aliphatic carbocycles. The van der Waals surface area contributed by atoms with Crippen LogP contribution in [0.3, 0.4) is 0 Å². The molecule has 2 aromatic carbocycles. The summed E-state index contributed by atoms with van der Waals surface area (Å²) in [4.78, 5) is 24.1. The molecular weight excluding hydrogens is 571 g/mol. The first kappa shape index (κ1) is 28.7. The van der Waals surface area contributed by atoms with Gasteiger partial charge in [-0.15, -0.1) is 6.42 Å². The molecule has 222 valence electrons. The summed E-state index contributed by atoms with van der Waals surface area (Å²) in [5.41, 5.74) is 3.77. The highest BCUT2D eigenvalue weighted by molar-refractivity contribution is 7.81. The van der Waals surface area contributed by atoms with Gasteiger partial charge in [0, 0.05) is 39.8 Å². The largest absolute Gasteiger partial charge is 0.493 e. The maximum absolute atomic E-state index is 14.3. The van der Waals surface area contributed by atoms with E-state index in [1.165, 1.54) is 12.3 Å². The normalized spacial score (nSPS) is 14.8. The van der Waals surface area contributed by atoms with E-state index in [2.05, 4.69) is 36.6 Å². The number of nitrogens with one attached hydrogen (secondary N) is 1. The zero-order valence-electron chi connectivity index (χ0n) is 23.9. The van der Waals surface area contributed by atoms with Gasteiger partial charge in [-0.05, 0) is 69.7 Å². The number of aromatic amines is 1. The number of unbranched alkanes of at least 4 members (excludes halogenated alkanes) is 1. The average Bonchev–Trinajstić information content (AvgIpc) is 3.36. The van der Waals surface area contributed by atoms with Crippen LogP contribution in [0.5, 0.6) is 11.5 Å². The van der Waals surface area contributed by atoms with E-state index >= 15 is 0 Å². The molecule has 43 heavy (non-hydrogen) atoms. The van der Waals surface area contributed by atoms with Crippen molar-refractivity contribution in [3.63, 3.8) is 0 Å². The lowest BCUT2D eigenvalue weighted by Crippen LogP contribution is -2.32. The Hall–Kier alpha value is -4.40. The minimum atomic E-state index is -5.25. The summed E-state index contributed by atoms with van der Waals surface area (Å²) in [5.74, 6) is 2.82. The van der Waals surface area contributed by atoms with Crippen molar-refractivity contribution in [2.45, 2.75) is 38.6 Å². The maximum atomic E-state index is 14.3. The van der Waals surface area contributed by atoms with E-state index < -0.39 is 10.5 Å². The summed E-state index contributed by atoms with van der Waals surface area (Å²) in [6.45, 7) is 4.25. The van der Waals surface area contributed by atoms with Crippen molar-refractivity contribution in [1.82, 2.24) is 19.4 Å². The Labute approximate surface area is 248 Å². The molecule has 0 unspecified atom stereocenters.